The molecule has 3 nitrogen and oxygen atoms in total. The van der Waals surface area contributed by atoms with E-state index in [-0.39, 0.29) is 0 Å². The van der Waals surface area contributed by atoms with Crippen LogP contribution in [-0.2, 0) is 5.41 Å². The van der Waals surface area contributed by atoms with Crippen molar-refractivity contribution in [1.82, 2.24) is 14.5 Å². The third-order valence-electron chi connectivity index (χ3n) is 12.7. The Morgan fingerprint density at radius 1 is 0.339 bits per heavy atom. The van der Waals surface area contributed by atoms with Gasteiger partial charge in [-0.1, -0.05) is 206 Å². The van der Waals surface area contributed by atoms with Gasteiger partial charge in [0.15, 0.2) is 5.82 Å². The molecular weight excluding hydrogens is 751 g/mol. The highest BCUT2D eigenvalue weighted by atomic mass is 15.0. The van der Waals surface area contributed by atoms with Crippen molar-refractivity contribution in [2.24, 2.45) is 0 Å². The van der Waals surface area contributed by atoms with Gasteiger partial charge in [-0.05, 0) is 74.8 Å². The third-order valence-corrected chi connectivity index (χ3v) is 12.7. The van der Waals surface area contributed by atoms with Crippen LogP contribution in [0.15, 0.2) is 237 Å². The Morgan fingerprint density at radius 3 is 1.52 bits per heavy atom. The molecule has 0 atom stereocenters. The number of hydrogen-bond donors (Lipinski definition) is 0. The van der Waals surface area contributed by atoms with Gasteiger partial charge in [0.05, 0.1) is 27.8 Å². The van der Waals surface area contributed by atoms with Crippen LogP contribution in [0.1, 0.15) is 22.3 Å². The Hall–Kier alpha value is -8.14. The van der Waals surface area contributed by atoms with Gasteiger partial charge >= 0.3 is 0 Å². The number of fused-ring (bicyclic) bond motifs is 6. The fourth-order valence-corrected chi connectivity index (χ4v) is 10.0. The van der Waals surface area contributed by atoms with Gasteiger partial charge in [0.2, 0.25) is 0 Å². The van der Waals surface area contributed by atoms with Gasteiger partial charge in [-0.25, -0.2) is 9.97 Å². The van der Waals surface area contributed by atoms with Crippen molar-refractivity contribution in [2.45, 2.75) is 5.41 Å². The summed E-state index contributed by atoms with van der Waals surface area (Å²) in [5, 5.41) is 2.48. The van der Waals surface area contributed by atoms with Crippen LogP contribution in [0.25, 0.3) is 83.6 Å². The van der Waals surface area contributed by atoms with E-state index in [9.17, 15) is 0 Å². The average Bonchev–Trinajstić information content (AvgIpc) is 3.86. The molecule has 0 fully saturated rings. The maximum absolute atomic E-state index is 5.22. The highest BCUT2D eigenvalue weighted by Gasteiger charge is 2.46. The lowest BCUT2D eigenvalue weighted by Gasteiger charge is -2.34. The van der Waals surface area contributed by atoms with Crippen LogP contribution in [0.5, 0.6) is 0 Å². The first-order valence-corrected chi connectivity index (χ1v) is 21.2. The fourth-order valence-electron chi connectivity index (χ4n) is 10.0. The SMILES string of the molecule is c1ccc(-c2nc(-c3ccc(-c4cccc5c4-c4ccccc4C5(c4ccccc4)c4ccccc4)cc3)cc(-c3cccc(-n4c5ccccc5c5ccccc54)c3)n2)cc1. The Bertz CT molecular complexity index is 3350. The van der Waals surface area contributed by atoms with Gasteiger partial charge in [0.1, 0.15) is 0 Å². The van der Waals surface area contributed by atoms with E-state index in [2.05, 4.69) is 223 Å². The lowest BCUT2D eigenvalue weighted by atomic mass is 9.67. The zero-order valence-corrected chi connectivity index (χ0v) is 33.9. The molecule has 1 aliphatic rings. The molecule has 2 aromatic heterocycles. The van der Waals surface area contributed by atoms with E-state index in [1.807, 2.05) is 18.2 Å². The Morgan fingerprint density at radius 2 is 0.839 bits per heavy atom. The Balaban J connectivity index is 0.986. The molecule has 0 radical (unpaired) electrons. The van der Waals surface area contributed by atoms with E-state index in [4.69, 9.17) is 9.97 Å². The molecule has 0 N–H and O–H groups in total. The summed E-state index contributed by atoms with van der Waals surface area (Å²) in [6.45, 7) is 0. The smallest absolute Gasteiger partial charge is 0.160 e. The molecule has 3 heteroatoms. The molecular formula is C59H39N3. The van der Waals surface area contributed by atoms with Crippen LogP contribution in [0.2, 0.25) is 0 Å². The second kappa shape index (κ2) is 14.5. The van der Waals surface area contributed by atoms with E-state index in [1.165, 1.54) is 60.8 Å². The summed E-state index contributed by atoms with van der Waals surface area (Å²) >= 11 is 0. The van der Waals surface area contributed by atoms with Crippen molar-refractivity contribution in [1.29, 1.82) is 0 Å². The van der Waals surface area contributed by atoms with Gasteiger partial charge < -0.3 is 4.57 Å². The average molecular weight is 790 g/mol. The van der Waals surface area contributed by atoms with Crippen molar-refractivity contribution in [3.05, 3.63) is 259 Å². The highest BCUT2D eigenvalue weighted by Crippen LogP contribution is 2.58. The normalized spacial score (nSPS) is 12.6. The molecule has 12 rings (SSSR count). The molecule has 2 heterocycles. The third kappa shape index (κ3) is 5.59. The molecule has 0 spiro atoms. The summed E-state index contributed by atoms with van der Waals surface area (Å²) < 4.78 is 2.36. The number of para-hydroxylation sites is 2. The van der Waals surface area contributed by atoms with Gasteiger partial charge in [0.25, 0.3) is 0 Å². The first-order chi connectivity index (χ1) is 30.8. The topological polar surface area (TPSA) is 30.7 Å². The first kappa shape index (κ1) is 35.8. The number of aromatic nitrogens is 3. The molecule has 290 valence electrons. The van der Waals surface area contributed by atoms with Crippen molar-refractivity contribution in [3.8, 4) is 61.8 Å². The van der Waals surface area contributed by atoms with Crippen LogP contribution in [0.3, 0.4) is 0 Å². The van der Waals surface area contributed by atoms with Crippen LogP contribution in [0.4, 0.5) is 0 Å². The van der Waals surface area contributed by atoms with Crippen molar-refractivity contribution >= 4 is 21.8 Å². The molecule has 0 aliphatic heterocycles. The van der Waals surface area contributed by atoms with E-state index < -0.39 is 5.41 Å². The lowest BCUT2D eigenvalue weighted by Crippen LogP contribution is -2.28. The number of rotatable bonds is 7. The van der Waals surface area contributed by atoms with Crippen LogP contribution >= 0.6 is 0 Å². The summed E-state index contributed by atoms with van der Waals surface area (Å²) in [5.41, 5.74) is 17.8. The second-order valence-electron chi connectivity index (χ2n) is 16.1. The number of hydrogen-bond acceptors (Lipinski definition) is 2. The largest absolute Gasteiger partial charge is 0.309 e. The highest BCUT2D eigenvalue weighted by molar-refractivity contribution is 6.09. The van der Waals surface area contributed by atoms with Crippen LogP contribution < -0.4 is 0 Å². The zero-order chi connectivity index (χ0) is 41.0. The second-order valence-corrected chi connectivity index (χ2v) is 16.1. The van der Waals surface area contributed by atoms with E-state index in [0.29, 0.717) is 5.82 Å². The van der Waals surface area contributed by atoms with Crippen molar-refractivity contribution in [3.63, 3.8) is 0 Å². The fraction of sp³-hybridized carbons (Fsp3) is 0.0169. The molecule has 0 saturated carbocycles. The van der Waals surface area contributed by atoms with E-state index in [1.54, 1.807) is 0 Å². The summed E-state index contributed by atoms with van der Waals surface area (Å²) in [6, 6.07) is 85.1. The molecule has 0 saturated heterocycles. The maximum Gasteiger partial charge on any atom is 0.160 e. The maximum atomic E-state index is 5.22. The molecule has 0 amide bonds. The Labute approximate surface area is 360 Å². The predicted molar refractivity (Wildman–Crippen MR) is 255 cm³/mol. The minimum Gasteiger partial charge on any atom is -0.309 e. The predicted octanol–water partition coefficient (Wildman–Crippen LogP) is 14.6. The Kier molecular flexibility index (Phi) is 8.39. The summed E-state index contributed by atoms with van der Waals surface area (Å²) in [4.78, 5) is 10.4. The minimum absolute atomic E-state index is 0.450. The summed E-state index contributed by atoms with van der Waals surface area (Å²) in [6.07, 6.45) is 0. The molecule has 0 bridgehead atoms. The van der Waals surface area contributed by atoms with Crippen LogP contribution in [-0.4, -0.2) is 14.5 Å². The number of benzene rings is 9. The zero-order valence-electron chi connectivity index (χ0n) is 33.9. The molecule has 9 aromatic carbocycles. The van der Waals surface area contributed by atoms with E-state index >= 15 is 0 Å². The lowest BCUT2D eigenvalue weighted by molar-refractivity contribution is 0.768. The van der Waals surface area contributed by atoms with E-state index in [0.717, 1.165) is 39.3 Å². The number of nitrogens with zero attached hydrogens (tertiary/aromatic N) is 3. The van der Waals surface area contributed by atoms with Gasteiger partial charge in [-0.15, -0.1) is 0 Å². The standard InChI is InChI=1S/C59H39N3/c1-4-18-42(19-5-1)58-60-53(39-54(61-58)43-20-16-25-46(38-43)62-55-32-14-11-26-48(55)49-27-12-15-33-56(49)62)41-36-34-40(35-37-41)47-29-17-31-52-57(47)50-28-10-13-30-51(50)59(52,44-21-6-2-7-22-44)45-23-8-3-9-24-45/h1-39H. The molecule has 62 heavy (non-hydrogen) atoms. The molecule has 0 unspecified atom stereocenters. The quantitative estimate of drug-likeness (QED) is 0.161. The van der Waals surface area contributed by atoms with Crippen molar-refractivity contribution < 1.29 is 0 Å². The van der Waals surface area contributed by atoms with Gasteiger partial charge in [-0.3, -0.25) is 0 Å². The minimum atomic E-state index is -0.450. The first-order valence-electron chi connectivity index (χ1n) is 21.2. The summed E-state index contributed by atoms with van der Waals surface area (Å²) in [5.74, 6) is 0.695. The monoisotopic (exact) mass is 789 g/mol. The van der Waals surface area contributed by atoms with Gasteiger partial charge in [-0.2, -0.15) is 0 Å². The molecule has 1 aliphatic carbocycles. The van der Waals surface area contributed by atoms with Gasteiger partial charge in [0, 0.05) is 33.2 Å². The van der Waals surface area contributed by atoms with Crippen LogP contribution in [0, 0.1) is 0 Å². The van der Waals surface area contributed by atoms with Crippen molar-refractivity contribution in [2.75, 3.05) is 0 Å². The molecule has 11 aromatic rings. The summed E-state index contributed by atoms with van der Waals surface area (Å²) in [7, 11) is 0.